The second-order valence-electron chi connectivity index (χ2n) is 8.10. The van der Waals surface area contributed by atoms with Crippen LogP contribution >= 0.6 is 0 Å². The van der Waals surface area contributed by atoms with Gasteiger partial charge in [0.2, 0.25) is 0 Å². The zero-order valence-corrected chi connectivity index (χ0v) is 16.5. The van der Waals surface area contributed by atoms with E-state index < -0.39 is 0 Å². The predicted molar refractivity (Wildman–Crippen MR) is 105 cm³/mol. The molecule has 1 N–H and O–H groups in total. The molecule has 0 spiro atoms. The molecule has 0 bridgehead atoms. The maximum Gasteiger partial charge on any atom is 0.337 e. The number of methoxy groups -OCH3 is 2. The number of H-pyrrole nitrogens is 1. The highest BCUT2D eigenvalue weighted by Crippen LogP contribution is 2.47. The molecule has 6 nitrogen and oxygen atoms in total. The Hall–Kier alpha value is -2.47. The molecule has 0 unspecified atom stereocenters. The van der Waals surface area contributed by atoms with Crippen molar-refractivity contribution in [2.24, 2.45) is 11.8 Å². The second kappa shape index (κ2) is 6.55. The number of aromatic amines is 1. The largest absolute Gasteiger partial charge is 0.497 e. The van der Waals surface area contributed by atoms with E-state index in [1.54, 1.807) is 13.4 Å². The molecule has 3 aliphatic heterocycles. The zero-order chi connectivity index (χ0) is 19.4. The normalized spacial score (nSPS) is 29.2. The van der Waals surface area contributed by atoms with Crippen molar-refractivity contribution in [3.8, 4) is 5.75 Å². The van der Waals surface area contributed by atoms with Gasteiger partial charge in [-0.1, -0.05) is 0 Å². The van der Waals surface area contributed by atoms with Crippen LogP contribution in [0.3, 0.4) is 0 Å². The summed E-state index contributed by atoms with van der Waals surface area (Å²) in [5.41, 5.74) is 4.50. The van der Waals surface area contributed by atoms with Crippen molar-refractivity contribution in [3.05, 3.63) is 41.3 Å². The van der Waals surface area contributed by atoms with Crippen molar-refractivity contribution >= 4 is 16.9 Å². The van der Waals surface area contributed by atoms with Crippen molar-refractivity contribution < 1.29 is 19.0 Å². The quantitative estimate of drug-likeness (QED) is 0.809. The first-order valence-electron chi connectivity index (χ1n) is 9.97. The number of ether oxygens (including phenoxy) is 3. The van der Waals surface area contributed by atoms with Gasteiger partial charge in [0, 0.05) is 41.5 Å². The standard InChI is InChI=1S/C22H26N2O4/c1-12-17-10-24-7-6-14-16-8-13(26-2)4-5-19(16)23-21(14)20(24)9-15(17)18(11-28-12)22(25)27-3/h4-5,8,11-12,15,17,20,23H,6-7,9-10H2,1-3H3/t12-,15-,17+,20-/m0/s1. The summed E-state index contributed by atoms with van der Waals surface area (Å²) in [4.78, 5) is 18.6. The summed E-state index contributed by atoms with van der Waals surface area (Å²) in [5, 5.41) is 1.25. The second-order valence-corrected chi connectivity index (χ2v) is 8.10. The maximum atomic E-state index is 12.3. The molecule has 4 heterocycles. The van der Waals surface area contributed by atoms with Crippen LogP contribution in [0, 0.1) is 11.8 Å². The Bertz CT molecular complexity index is 963. The van der Waals surface area contributed by atoms with Crippen LogP contribution in [-0.2, 0) is 20.7 Å². The van der Waals surface area contributed by atoms with Crippen molar-refractivity contribution in [1.82, 2.24) is 9.88 Å². The third-order valence-corrected chi connectivity index (χ3v) is 6.84. The minimum Gasteiger partial charge on any atom is -0.497 e. The van der Waals surface area contributed by atoms with E-state index in [-0.39, 0.29) is 24.0 Å². The molecule has 0 amide bonds. The average Bonchev–Trinajstić information content (AvgIpc) is 3.10. The van der Waals surface area contributed by atoms with Crippen LogP contribution in [0.4, 0.5) is 0 Å². The molecule has 1 aromatic carbocycles. The summed E-state index contributed by atoms with van der Waals surface area (Å²) in [6, 6.07) is 6.50. The van der Waals surface area contributed by atoms with Crippen molar-refractivity contribution in [2.45, 2.75) is 31.9 Å². The maximum absolute atomic E-state index is 12.3. The van der Waals surface area contributed by atoms with Gasteiger partial charge in [-0.2, -0.15) is 0 Å². The molecule has 1 saturated heterocycles. The Morgan fingerprint density at radius 3 is 2.96 bits per heavy atom. The van der Waals surface area contributed by atoms with E-state index in [2.05, 4.69) is 28.9 Å². The molecule has 148 valence electrons. The van der Waals surface area contributed by atoms with Crippen LogP contribution in [0.1, 0.15) is 30.6 Å². The van der Waals surface area contributed by atoms with Crippen molar-refractivity contribution in [2.75, 3.05) is 27.3 Å². The van der Waals surface area contributed by atoms with Gasteiger partial charge in [0.15, 0.2) is 0 Å². The van der Waals surface area contributed by atoms with Crippen molar-refractivity contribution in [3.63, 3.8) is 0 Å². The van der Waals surface area contributed by atoms with Crippen LogP contribution in [-0.4, -0.2) is 49.3 Å². The number of carbonyl (C=O) groups is 1. The third-order valence-electron chi connectivity index (χ3n) is 6.84. The predicted octanol–water partition coefficient (Wildman–Crippen LogP) is 3.19. The number of carbonyl (C=O) groups excluding carboxylic acids is 1. The molecule has 0 radical (unpaired) electrons. The van der Waals surface area contributed by atoms with Crippen LogP contribution in [0.2, 0.25) is 0 Å². The molecule has 0 saturated carbocycles. The Morgan fingerprint density at radius 2 is 2.18 bits per heavy atom. The molecule has 3 aliphatic rings. The number of rotatable bonds is 2. The van der Waals surface area contributed by atoms with Gasteiger partial charge >= 0.3 is 5.97 Å². The third kappa shape index (κ3) is 2.54. The van der Waals surface area contributed by atoms with E-state index in [9.17, 15) is 4.79 Å². The Morgan fingerprint density at radius 1 is 1.32 bits per heavy atom. The lowest BCUT2D eigenvalue weighted by molar-refractivity contribution is -0.139. The lowest BCUT2D eigenvalue weighted by Gasteiger charge is -2.49. The smallest absolute Gasteiger partial charge is 0.337 e. The summed E-state index contributed by atoms with van der Waals surface area (Å²) in [5.74, 6) is 1.08. The highest BCUT2D eigenvalue weighted by atomic mass is 16.5. The van der Waals surface area contributed by atoms with E-state index in [4.69, 9.17) is 14.2 Å². The van der Waals surface area contributed by atoms with Gasteiger partial charge < -0.3 is 19.2 Å². The number of esters is 1. The molecule has 2 aromatic rings. The van der Waals surface area contributed by atoms with Crippen LogP contribution in [0.25, 0.3) is 10.9 Å². The molecular formula is C22H26N2O4. The molecule has 4 atom stereocenters. The molecule has 6 heteroatoms. The van der Waals surface area contributed by atoms with Gasteiger partial charge in [-0.05, 0) is 43.5 Å². The molecule has 5 rings (SSSR count). The van der Waals surface area contributed by atoms with Crippen LogP contribution < -0.4 is 4.74 Å². The monoisotopic (exact) mass is 382 g/mol. The van der Waals surface area contributed by atoms with Gasteiger partial charge in [-0.25, -0.2) is 4.79 Å². The van der Waals surface area contributed by atoms with Gasteiger partial charge in [0.1, 0.15) is 5.75 Å². The lowest BCUT2D eigenvalue weighted by Crippen LogP contribution is -2.51. The zero-order valence-electron chi connectivity index (χ0n) is 16.5. The summed E-state index contributed by atoms with van der Waals surface area (Å²) in [6.07, 6.45) is 3.65. The fourth-order valence-corrected chi connectivity index (χ4v) is 5.34. The number of nitrogens with zero attached hydrogens (tertiary/aromatic N) is 1. The van der Waals surface area contributed by atoms with E-state index in [0.717, 1.165) is 37.2 Å². The van der Waals surface area contributed by atoms with Crippen molar-refractivity contribution in [1.29, 1.82) is 0 Å². The van der Waals surface area contributed by atoms with E-state index in [0.29, 0.717) is 11.5 Å². The van der Waals surface area contributed by atoms with E-state index >= 15 is 0 Å². The molecular weight excluding hydrogens is 356 g/mol. The average molecular weight is 382 g/mol. The SMILES string of the molecule is COC(=O)C1=CO[C@@H](C)[C@H]2CN3CCc4c([nH]c5ccc(OC)cc45)[C@@H]3C[C@H]12. The molecule has 0 aliphatic carbocycles. The lowest BCUT2D eigenvalue weighted by atomic mass is 9.72. The number of benzene rings is 1. The summed E-state index contributed by atoms with van der Waals surface area (Å²) in [6.45, 7) is 4.06. The minimum absolute atomic E-state index is 0.104. The molecule has 28 heavy (non-hydrogen) atoms. The van der Waals surface area contributed by atoms with E-state index in [1.807, 2.05) is 6.07 Å². The number of nitrogens with one attached hydrogen (secondary N) is 1. The highest BCUT2D eigenvalue weighted by Gasteiger charge is 2.46. The van der Waals surface area contributed by atoms with Crippen LogP contribution in [0.15, 0.2) is 30.0 Å². The number of hydrogen-bond acceptors (Lipinski definition) is 5. The minimum atomic E-state index is -0.271. The number of hydrogen-bond donors (Lipinski definition) is 1. The number of aromatic nitrogens is 1. The summed E-state index contributed by atoms with van der Waals surface area (Å²) in [7, 11) is 3.14. The first kappa shape index (κ1) is 17.6. The van der Waals surface area contributed by atoms with Gasteiger partial charge in [0.05, 0.1) is 38.2 Å². The fourth-order valence-electron chi connectivity index (χ4n) is 5.34. The Balaban J connectivity index is 1.54. The Labute approximate surface area is 164 Å². The summed E-state index contributed by atoms with van der Waals surface area (Å²) >= 11 is 0. The van der Waals surface area contributed by atoms with Gasteiger partial charge in [-0.3, -0.25) is 4.90 Å². The summed E-state index contributed by atoms with van der Waals surface area (Å²) < 4.78 is 16.3. The Kier molecular flexibility index (Phi) is 4.12. The van der Waals surface area contributed by atoms with E-state index in [1.165, 1.54) is 23.8 Å². The number of piperidine rings is 1. The van der Waals surface area contributed by atoms with Gasteiger partial charge in [-0.15, -0.1) is 0 Å². The van der Waals surface area contributed by atoms with Gasteiger partial charge in [0.25, 0.3) is 0 Å². The highest BCUT2D eigenvalue weighted by molar-refractivity contribution is 5.89. The van der Waals surface area contributed by atoms with Crippen LogP contribution in [0.5, 0.6) is 5.75 Å². The first-order chi connectivity index (χ1) is 13.6. The molecule has 1 fully saturated rings. The topological polar surface area (TPSA) is 63.8 Å². The fraction of sp³-hybridized carbons (Fsp3) is 0.500. The first-order valence-corrected chi connectivity index (χ1v) is 9.97. The number of fused-ring (bicyclic) bond motifs is 6. The molecule has 1 aromatic heterocycles.